The van der Waals surface area contributed by atoms with Gasteiger partial charge in [0, 0.05) is 6.04 Å². The summed E-state index contributed by atoms with van der Waals surface area (Å²) < 4.78 is 27.2. The lowest BCUT2D eigenvalue weighted by molar-refractivity contribution is 0.558. The Kier molecular flexibility index (Phi) is 4.12. The number of halogens is 1. The van der Waals surface area contributed by atoms with Crippen LogP contribution >= 0.6 is 27.3 Å². The first kappa shape index (κ1) is 12.2. The van der Waals surface area contributed by atoms with E-state index in [1.54, 1.807) is 12.1 Å². The van der Waals surface area contributed by atoms with Crippen molar-refractivity contribution in [2.75, 3.05) is 0 Å². The highest BCUT2D eigenvalue weighted by Gasteiger charge is 2.18. The number of rotatable bonds is 4. The molecule has 1 aromatic rings. The molecule has 0 aliphatic carbocycles. The predicted octanol–water partition coefficient (Wildman–Crippen LogP) is 2.59. The van der Waals surface area contributed by atoms with Gasteiger partial charge in [-0.05, 0) is 41.4 Å². The molecule has 0 amide bonds. The van der Waals surface area contributed by atoms with Gasteiger partial charge in [-0.1, -0.05) is 6.92 Å². The maximum atomic E-state index is 11.7. The van der Waals surface area contributed by atoms with Crippen LogP contribution in [0.2, 0.25) is 0 Å². The third-order valence-corrected chi connectivity index (χ3v) is 5.49. The first-order valence-corrected chi connectivity index (χ1v) is 7.32. The van der Waals surface area contributed by atoms with Crippen molar-refractivity contribution in [1.29, 1.82) is 0 Å². The second-order valence-electron chi connectivity index (χ2n) is 2.99. The number of sulfonamides is 1. The molecule has 0 radical (unpaired) electrons. The Labute approximate surface area is 96.7 Å². The van der Waals surface area contributed by atoms with Crippen LogP contribution in [-0.4, -0.2) is 14.5 Å². The summed E-state index contributed by atoms with van der Waals surface area (Å²) in [6.45, 7) is 3.79. The zero-order valence-corrected chi connectivity index (χ0v) is 11.2. The second-order valence-corrected chi connectivity index (χ2v) is 7.39. The van der Waals surface area contributed by atoms with Crippen LogP contribution in [0.25, 0.3) is 0 Å². The molecule has 0 fully saturated rings. The summed E-state index contributed by atoms with van der Waals surface area (Å²) in [5.74, 6) is 0. The molecule has 6 heteroatoms. The van der Waals surface area contributed by atoms with Crippen molar-refractivity contribution in [2.45, 2.75) is 30.5 Å². The van der Waals surface area contributed by atoms with E-state index in [4.69, 9.17) is 0 Å². The Bertz CT molecular complexity index is 399. The molecule has 0 saturated carbocycles. The molecule has 1 heterocycles. The van der Waals surface area contributed by atoms with E-state index in [-0.39, 0.29) is 6.04 Å². The Balaban J connectivity index is 2.86. The van der Waals surface area contributed by atoms with Crippen molar-refractivity contribution in [3.05, 3.63) is 15.9 Å². The van der Waals surface area contributed by atoms with Crippen molar-refractivity contribution in [2.24, 2.45) is 0 Å². The highest BCUT2D eigenvalue weighted by molar-refractivity contribution is 9.11. The van der Waals surface area contributed by atoms with Gasteiger partial charge in [-0.25, -0.2) is 13.1 Å². The normalized spacial score (nSPS) is 14.2. The van der Waals surface area contributed by atoms with E-state index in [1.165, 1.54) is 11.3 Å². The number of hydrogen-bond donors (Lipinski definition) is 1. The average Bonchev–Trinajstić information content (AvgIpc) is 2.51. The summed E-state index contributed by atoms with van der Waals surface area (Å²) in [5, 5.41) is 0. The van der Waals surface area contributed by atoms with E-state index >= 15 is 0 Å². The number of nitrogens with one attached hydrogen (secondary N) is 1. The van der Waals surface area contributed by atoms with Crippen molar-refractivity contribution in [3.8, 4) is 0 Å². The van der Waals surface area contributed by atoms with Crippen LogP contribution in [0.15, 0.2) is 20.1 Å². The van der Waals surface area contributed by atoms with Crippen LogP contribution in [0, 0.1) is 0 Å². The lowest BCUT2D eigenvalue weighted by Crippen LogP contribution is -2.31. The molecule has 3 nitrogen and oxygen atoms in total. The van der Waals surface area contributed by atoms with Gasteiger partial charge in [-0.2, -0.15) is 0 Å². The van der Waals surface area contributed by atoms with E-state index in [2.05, 4.69) is 20.7 Å². The molecule has 1 aromatic heterocycles. The van der Waals surface area contributed by atoms with Crippen molar-refractivity contribution in [1.82, 2.24) is 4.72 Å². The van der Waals surface area contributed by atoms with E-state index < -0.39 is 10.0 Å². The fourth-order valence-electron chi connectivity index (χ4n) is 0.848. The van der Waals surface area contributed by atoms with Gasteiger partial charge in [0.15, 0.2) is 0 Å². The fraction of sp³-hybridized carbons (Fsp3) is 0.500. The van der Waals surface area contributed by atoms with Crippen LogP contribution < -0.4 is 4.72 Å². The summed E-state index contributed by atoms with van der Waals surface area (Å²) in [5.41, 5.74) is 0. The molecule has 0 aliphatic rings. The highest BCUT2D eigenvalue weighted by Crippen LogP contribution is 2.25. The zero-order valence-electron chi connectivity index (χ0n) is 7.95. The molecule has 0 aliphatic heterocycles. The summed E-state index contributed by atoms with van der Waals surface area (Å²) in [7, 11) is -3.31. The maximum Gasteiger partial charge on any atom is 0.250 e. The van der Waals surface area contributed by atoms with Crippen LogP contribution in [0.5, 0.6) is 0 Å². The third kappa shape index (κ3) is 3.05. The Morgan fingerprint density at radius 2 is 2.21 bits per heavy atom. The lowest BCUT2D eigenvalue weighted by atomic mass is 10.3. The zero-order chi connectivity index (χ0) is 10.8. The molecule has 0 bridgehead atoms. The standard InChI is InChI=1S/C8H12BrNO2S2/c1-3-6(2)10-14(11,12)8-5-4-7(9)13-8/h4-6,10H,3H2,1-2H3/t6-/m0/s1. The van der Waals surface area contributed by atoms with E-state index in [0.717, 1.165) is 10.2 Å². The third-order valence-electron chi connectivity index (χ3n) is 1.78. The second kappa shape index (κ2) is 4.74. The first-order valence-electron chi connectivity index (χ1n) is 4.23. The van der Waals surface area contributed by atoms with Crippen molar-refractivity contribution in [3.63, 3.8) is 0 Å². The van der Waals surface area contributed by atoms with Crippen LogP contribution in [0.4, 0.5) is 0 Å². The van der Waals surface area contributed by atoms with E-state index in [0.29, 0.717) is 4.21 Å². The minimum absolute atomic E-state index is 0.0270. The van der Waals surface area contributed by atoms with Crippen molar-refractivity contribution < 1.29 is 8.42 Å². The average molecular weight is 298 g/mol. The number of hydrogen-bond acceptors (Lipinski definition) is 3. The maximum absolute atomic E-state index is 11.7. The molecule has 0 aromatic carbocycles. The monoisotopic (exact) mass is 297 g/mol. The highest BCUT2D eigenvalue weighted by atomic mass is 79.9. The molecule has 0 saturated heterocycles. The quantitative estimate of drug-likeness (QED) is 0.928. The summed E-state index contributed by atoms with van der Waals surface area (Å²) >= 11 is 4.45. The molecular weight excluding hydrogens is 286 g/mol. The molecular formula is C8H12BrNO2S2. The first-order chi connectivity index (χ1) is 6.45. The predicted molar refractivity (Wildman–Crippen MR) is 62.1 cm³/mol. The fourth-order valence-corrected chi connectivity index (χ4v) is 4.20. The minimum Gasteiger partial charge on any atom is -0.208 e. The molecule has 0 unspecified atom stereocenters. The Hall–Kier alpha value is 0.0900. The SMILES string of the molecule is CC[C@H](C)NS(=O)(=O)c1ccc(Br)s1. The molecule has 0 spiro atoms. The van der Waals surface area contributed by atoms with Crippen LogP contribution in [-0.2, 0) is 10.0 Å². The van der Waals surface area contributed by atoms with Crippen molar-refractivity contribution >= 4 is 37.3 Å². The molecule has 80 valence electrons. The van der Waals surface area contributed by atoms with Crippen LogP contribution in [0.3, 0.4) is 0 Å². The Morgan fingerprint density at radius 1 is 1.57 bits per heavy atom. The van der Waals surface area contributed by atoms with Gasteiger partial charge in [0.25, 0.3) is 0 Å². The van der Waals surface area contributed by atoms with Gasteiger partial charge in [-0.15, -0.1) is 11.3 Å². The lowest BCUT2D eigenvalue weighted by Gasteiger charge is -2.10. The van der Waals surface area contributed by atoms with Gasteiger partial charge >= 0.3 is 0 Å². The van der Waals surface area contributed by atoms with E-state index in [1.807, 2.05) is 13.8 Å². The smallest absolute Gasteiger partial charge is 0.208 e. The van der Waals surface area contributed by atoms with Gasteiger partial charge in [0.05, 0.1) is 3.79 Å². The molecule has 1 atom stereocenters. The number of thiophene rings is 1. The molecule has 1 N–H and O–H groups in total. The largest absolute Gasteiger partial charge is 0.250 e. The van der Waals surface area contributed by atoms with E-state index in [9.17, 15) is 8.42 Å². The Morgan fingerprint density at radius 3 is 2.64 bits per heavy atom. The summed E-state index contributed by atoms with van der Waals surface area (Å²) in [4.78, 5) is 0. The topological polar surface area (TPSA) is 46.2 Å². The molecule has 14 heavy (non-hydrogen) atoms. The van der Waals surface area contributed by atoms with Gasteiger partial charge in [0.2, 0.25) is 10.0 Å². The molecule has 1 rings (SSSR count). The van der Waals surface area contributed by atoms with Gasteiger partial charge in [-0.3, -0.25) is 0 Å². The van der Waals surface area contributed by atoms with Crippen LogP contribution in [0.1, 0.15) is 20.3 Å². The van der Waals surface area contributed by atoms with Gasteiger partial charge in [0.1, 0.15) is 4.21 Å². The summed E-state index contributed by atoms with van der Waals surface area (Å²) in [6, 6.07) is 3.30. The summed E-state index contributed by atoms with van der Waals surface area (Å²) in [6.07, 6.45) is 0.784. The minimum atomic E-state index is -3.31. The van der Waals surface area contributed by atoms with Gasteiger partial charge < -0.3 is 0 Å².